The van der Waals surface area contributed by atoms with Gasteiger partial charge in [-0.2, -0.15) is 0 Å². The predicted octanol–water partition coefficient (Wildman–Crippen LogP) is 2.04. The summed E-state index contributed by atoms with van der Waals surface area (Å²) in [7, 11) is 1.60. The lowest BCUT2D eigenvalue weighted by molar-refractivity contribution is -0.136. The number of benzene rings is 1. The number of carbonyl (C=O) groups excluding carboxylic acids is 1. The number of piperazine rings is 1. The third-order valence-corrected chi connectivity index (χ3v) is 3.78. The molecule has 0 aliphatic carbocycles. The van der Waals surface area contributed by atoms with Gasteiger partial charge in [-0.1, -0.05) is 12.1 Å². The van der Waals surface area contributed by atoms with E-state index in [0.717, 1.165) is 31.6 Å². The summed E-state index contributed by atoms with van der Waals surface area (Å²) in [5.41, 5.74) is 1.10. The normalized spacial score (nSPS) is 17.1. The predicted molar refractivity (Wildman–Crippen MR) is 93.7 cm³/mol. The zero-order valence-corrected chi connectivity index (χ0v) is 14.5. The summed E-state index contributed by atoms with van der Waals surface area (Å²) in [6.07, 6.45) is 2.61. The summed E-state index contributed by atoms with van der Waals surface area (Å²) < 4.78 is 11.0. The molecule has 23 heavy (non-hydrogen) atoms. The van der Waals surface area contributed by atoms with Crippen LogP contribution in [-0.2, 0) is 11.2 Å². The van der Waals surface area contributed by atoms with Crippen LogP contribution in [0.4, 0.5) is 0 Å². The van der Waals surface area contributed by atoms with E-state index in [-0.39, 0.29) is 31.0 Å². The highest BCUT2D eigenvalue weighted by molar-refractivity contribution is 5.85. The average Bonchev–Trinajstić information content (AvgIpc) is 2.54. The summed E-state index contributed by atoms with van der Waals surface area (Å²) in [5.74, 6) is 1.23. The summed E-state index contributed by atoms with van der Waals surface area (Å²) in [6.45, 7) is 8.17. The van der Waals surface area contributed by atoms with Crippen molar-refractivity contribution in [2.45, 2.75) is 19.4 Å². The molecule has 0 saturated carbocycles. The SMILES string of the molecule is C=CCc1ccc(OCC(=O)N2CCNC[C@H]2C)c(OC)c1.Cl. The van der Waals surface area contributed by atoms with Crippen LogP contribution in [0, 0.1) is 0 Å². The van der Waals surface area contributed by atoms with Crippen LogP contribution in [0.25, 0.3) is 0 Å². The molecule has 0 bridgehead atoms. The van der Waals surface area contributed by atoms with Gasteiger partial charge in [-0.3, -0.25) is 4.79 Å². The first kappa shape index (κ1) is 19.3. The van der Waals surface area contributed by atoms with E-state index in [1.54, 1.807) is 7.11 Å². The fourth-order valence-electron chi connectivity index (χ4n) is 2.56. The molecule has 6 heteroatoms. The van der Waals surface area contributed by atoms with Crippen LogP contribution < -0.4 is 14.8 Å². The number of hydrogen-bond donors (Lipinski definition) is 1. The highest BCUT2D eigenvalue weighted by Crippen LogP contribution is 2.28. The second-order valence-corrected chi connectivity index (χ2v) is 5.41. The van der Waals surface area contributed by atoms with E-state index in [2.05, 4.69) is 11.9 Å². The molecule has 1 saturated heterocycles. The lowest BCUT2D eigenvalue weighted by Gasteiger charge is -2.33. The Morgan fingerprint density at radius 2 is 2.26 bits per heavy atom. The standard InChI is InChI=1S/C17H24N2O3.ClH/c1-4-5-14-6-7-15(16(10-14)21-3)22-12-17(20)19-9-8-18-11-13(19)2;/h4,6-7,10,13,18H,1,5,8-9,11-12H2,2-3H3;1H/t13-;/m1./s1. The number of hydrogen-bond acceptors (Lipinski definition) is 4. The molecule has 1 atom stereocenters. The molecule has 1 fully saturated rings. The van der Waals surface area contributed by atoms with Crippen LogP contribution in [0.3, 0.4) is 0 Å². The van der Waals surface area contributed by atoms with Gasteiger partial charge in [0, 0.05) is 25.7 Å². The van der Waals surface area contributed by atoms with Gasteiger partial charge in [0.25, 0.3) is 5.91 Å². The fourth-order valence-corrected chi connectivity index (χ4v) is 2.56. The minimum atomic E-state index is 0. The Balaban J connectivity index is 0.00000264. The highest BCUT2D eigenvalue weighted by Gasteiger charge is 2.23. The van der Waals surface area contributed by atoms with Gasteiger partial charge in [-0.25, -0.2) is 0 Å². The van der Waals surface area contributed by atoms with Crippen molar-refractivity contribution in [2.24, 2.45) is 0 Å². The van der Waals surface area contributed by atoms with Crippen LogP contribution in [0.2, 0.25) is 0 Å². The van der Waals surface area contributed by atoms with Gasteiger partial charge in [-0.15, -0.1) is 19.0 Å². The molecule has 0 aromatic heterocycles. The zero-order chi connectivity index (χ0) is 15.9. The Kier molecular flexibility index (Phi) is 7.92. The first-order valence-electron chi connectivity index (χ1n) is 7.56. The lowest BCUT2D eigenvalue weighted by atomic mass is 10.1. The van der Waals surface area contributed by atoms with E-state index in [4.69, 9.17) is 9.47 Å². The molecular formula is C17H25ClN2O3. The van der Waals surface area contributed by atoms with Crippen molar-refractivity contribution >= 4 is 18.3 Å². The Hall–Kier alpha value is -1.72. The third kappa shape index (κ3) is 5.15. The number of nitrogens with one attached hydrogen (secondary N) is 1. The maximum Gasteiger partial charge on any atom is 0.260 e. The third-order valence-electron chi connectivity index (χ3n) is 3.78. The second-order valence-electron chi connectivity index (χ2n) is 5.41. The minimum absolute atomic E-state index is 0. The topological polar surface area (TPSA) is 50.8 Å². The van der Waals surface area contributed by atoms with Crippen LogP contribution >= 0.6 is 12.4 Å². The van der Waals surface area contributed by atoms with Crippen LogP contribution in [-0.4, -0.2) is 50.2 Å². The molecule has 1 aromatic rings. The van der Waals surface area contributed by atoms with Gasteiger partial charge in [0.1, 0.15) is 0 Å². The van der Waals surface area contributed by atoms with Gasteiger partial charge in [-0.05, 0) is 31.0 Å². The number of methoxy groups -OCH3 is 1. The number of halogens is 1. The summed E-state index contributed by atoms with van der Waals surface area (Å²) in [5, 5.41) is 3.27. The number of carbonyl (C=O) groups is 1. The smallest absolute Gasteiger partial charge is 0.260 e. The Morgan fingerprint density at radius 3 is 2.91 bits per heavy atom. The largest absolute Gasteiger partial charge is 0.493 e. The first-order chi connectivity index (χ1) is 10.7. The van der Waals surface area contributed by atoms with Crippen molar-refractivity contribution < 1.29 is 14.3 Å². The maximum atomic E-state index is 12.3. The molecule has 0 radical (unpaired) electrons. The van der Waals surface area contributed by atoms with Crippen molar-refractivity contribution in [3.05, 3.63) is 36.4 Å². The van der Waals surface area contributed by atoms with Gasteiger partial charge in [0.2, 0.25) is 0 Å². The van der Waals surface area contributed by atoms with Crippen LogP contribution in [0.15, 0.2) is 30.9 Å². The molecule has 2 rings (SSSR count). The van der Waals surface area contributed by atoms with Crippen molar-refractivity contribution in [3.8, 4) is 11.5 Å². The van der Waals surface area contributed by atoms with Gasteiger partial charge in [0.15, 0.2) is 18.1 Å². The number of allylic oxidation sites excluding steroid dienone is 1. The molecule has 1 aliphatic rings. The van der Waals surface area contributed by atoms with E-state index in [0.29, 0.717) is 11.5 Å². The summed E-state index contributed by atoms with van der Waals surface area (Å²) in [4.78, 5) is 14.1. The van der Waals surface area contributed by atoms with Gasteiger partial charge >= 0.3 is 0 Å². The molecule has 1 amide bonds. The second kappa shape index (κ2) is 9.43. The molecular weight excluding hydrogens is 316 g/mol. The molecule has 1 N–H and O–H groups in total. The quantitative estimate of drug-likeness (QED) is 0.805. The Morgan fingerprint density at radius 1 is 1.48 bits per heavy atom. The van der Waals surface area contributed by atoms with E-state index < -0.39 is 0 Å². The minimum Gasteiger partial charge on any atom is -0.493 e. The number of rotatable bonds is 6. The van der Waals surface area contributed by atoms with E-state index in [1.165, 1.54) is 0 Å². The fraction of sp³-hybridized carbons (Fsp3) is 0.471. The molecule has 0 spiro atoms. The molecule has 1 aliphatic heterocycles. The van der Waals surface area contributed by atoms with E-state index >= 15 is 0 Å². The average molecular weight is 341 g/mol. The van der Waals surface area contributed by atoms with Gasteiger partial charge in [0.05, 0.1) is 7.11 Å². The molecule has 1 heterocycles. The Bertz CT molecular complexity index is 537. The van der Waals surface area contributed by atoms with E-state index in [1.807, 2.05) is 36.1 Å². The molecule has 5 nitrogen and oxygen atoms in total. The zero-order valence-electron chi connectivity index (χ0n) is 13.7. The summed E-state index contributed by atoms with van der Waals surface area (Å²) >= 11 is 0. The maximum absolute atomic E-state index is 12.3. The monoisotopic (exact) mass is 340 g/mol. The van der Waals surface area contributed by atoms with Crippen LogP contribution in [0.1, 0.15) is 12.5 Å². The first-order valence-corrected chi connectivity index (χ1v) is 7.56. The molecule has 128 valence electrons. The van der Waals surface area contributed by atoms with Crippen molar-refractivity contribution in [2.75, 3.05) is 33.4 Å². The Labute approximate surface area is 144 Å². The number of nitrogens with zero attached hydrogens (tertiary/aromatic N) is 1. The molecule has 0 unspecified atom stereocenters. The van der Waals surface area contributed by atoms with E-state index in [9.17, 15) is 4.79 Å². The number of ether oxygens (including phenoxy) is 2. The lowest BCUT2D eigenvalue weighted by Crippen LogP contribution is -2.53. The van der Waals surface area contributed by atoms with Crippen molar-refractivity contribution in [1.29, 1.82) is 0 Å². The highest BCUT2D eigenvalue weighted by atomic mass is 35.5. The van der Waals surface area contributed by atoms with Crippen LogP contribution in [0.5, 0.6) is 11.5 Å². The number of amides is 1. The summed E-state index contributed by atoms with van der Waals surface area (Å²) in [6, 6.07) is 5.90. The van der Waals surface area contributed by atoms with Crippen molar-refractivity contribution in [1.82, 2.24) is 10.2 Å². The van der Waals surface area contributed by atoms with Crippen molar-refractivity contribution in [3.63, 3.8) is 0 Å². The van der Waals surface area contributed by atoms with Gasteiger partial charge < -0.3 is 19.7 Å². The molecule has 1 aromatic carbocycles.